The lowest BCUT2D eigenvalue weighted by Crippen LogP contribution is -2.34. The van der Waals surface area contributed by atoms with Gasteiger partial charge in [-0.05, 0) is 93.4 Å². The van der Waals surface area contributed by atoms with E-state index in [2.05, 4.69) is 38.0 Å². The summed E-state index contributed by atoms with van der Waals surface area (Å²) in [5.41, 5.74) is 4.83. The maximum Gasteiger partial charge on any atom is 0.227 e. The van der Waals surface area contributed by atoms with Crippen LogP contribution in [-0.2, 0) is 6.42 Å². The van der Waals surface area contributed by atoms with Crippen LogP contribution in [0, 0.1) is 18.6 Å². The Balaban J connectivity index is 1.12. The van der Waals surface area contributed by atoms with Gasteiger partial charge >= 0.3 is 0 Å². The van der Waals surface area contributed by atoms with E-state index in [0.717, 1.165) is 70.9 Å². The van der Waals surface area contributed by atoms with E-state index in [1.165, 1.54) is 25.0 Å². The highest BCUT2D eigenvalue weighted by Gasteiger charge is 2.27. The molecule has 0 atom stereocenters. The minimum absolute atomic E-state index is 0.349. The Morgan fingerprint density at radius 1 is 1.03 bits per heavy atom. The highest BCUT2D eigenvalue weighted by Crippen LogP contribution is 2.37. The first-order chi connectivity index (χ1) is 17.9. The number of aromatic nitrogens is 4. The summed E-state index contributed by atoms with van der Waals surface area (Å²) in [6, 6.07) is 8.74. The van der Waals surface area contributed by atoms with Gasteiger partial charge in [0.1, 0.15) is 0 Å². The highest BCUT2D eigenvalue weighted by atomic mass is 35.5. The van der Waals surface area contributed by atoms with E-state index in [-0.39, 0.29) is 0 Å². The Morgan fingerprint density at radius 2 is 1.84 bits per heavy atom. The molecule has 1 N–H and O–H groups in total. The predicted octanol–water partition coefficient (Wildman–Crippen LogP) is 6.57. The second-order valence-corrected chi connectivity index (χ2v) is 10.6. The normalized spacial score (nSPS) is 17.0. The Hall–Kier alpha value is -3.10. The van der Waals surface area contributed by atoms with Crippen molar-refractivity contribution in [2.75, 3.05) is 25.0 Å². The second-order valence-electron chi connectivity index (χ2n) is 10.2. The Morgan fingerprint density at radius 3 is 2.59 bits per heavy atom. The van der Waals surface area contributed by atoms with Crippen molar-refractivity contribution in [2.45, 2.75) is 51.0 Å². The lowest BCUT2D eigenvalue weighted by Gasteiger charge is -2.32. The number of anilines is 2. The summed E-state index contributed by atoms with van der Waals surface area (Å²) in [5.74, 6) is -0.689. The molecule has 2 aromatic heterocycles. The van der Waals surface area contributed by atoms with Crippen molar-refractivity contribution >= 4 is 34.1 Å². The van der Waals surface area contributed by atoms with Crippen LogP contribution in [0.15, 0.2) is 42.7 Å². The fourth-order valence-corrected chi connectivity index (χ4v) is 5.57. The summed E-state index contributed by atoms with van der Waals surface area (Å²) in [4.78, 5) is 11.7. The van der Waals surface area contributed by atoms with E-state index >= 15 is 0 Å². The molecule has 0 unspecified atom stereocenters. The number of likely N-dealkylation sites (tertiary alicyclic amines) is 1. The predicted molar refractivity (Wildman–Crippen MR) is 142 cm³/mol. The van der Waals surface area contributed by atoms with Gasteiger partial charge in [0.05, 0.1) is 29.1 Å². The van der Waals surface area contributed by atoms with Crippen LogP contribution in [0.3, 0.4) is 0 Å². The molecule has 6 rings (SSSR count). The molecule has 37 heavy (non-hydrogen) atoms. The van der Waals surface area contributed by atoms with Gasteiger partial charge in [-0.15, -0.1) is 0 Å². The Labute approximate surface area is 219 Å². The van der Waals surface area contributed by atoms with Crippen molar-refractivity contribution in [2.24, 2.45) is 0 Å². The minimum atomic E-state index is -0.801. The van der Waals surface area contributed by atoms with Crippen molar-refractivity contribution in [1.82, 2.24) is 24.6 Å². The summed E-state index contributed by atoms with van der Waals surface area (Å²) in [6.07, 6.45) is 8.69. The topological polar surface area (TPSA) is 58.9 Å². The van der Waals surface area contributed by atoms with E-state index in [0.29, 0.717) is 24.3 Å². The van der Waals surface area contributed by atoms with Crippen LogP contribution >= 0.6 is 11.6 Å². The van der Waals surface area contributed by atoms with Crippen molar-refractivity contribution < 1.29 is 8.78 Å². The van der Waals surface area contributed by atoms with Crippen LogP contribution in [0.1, 0.15) is 54.5 Å². The van der Waals surface area contributed by atoms with E-state index in [1.54, 1.807) is 6.07 Å². The number of piperidine rings is 1. The number of halogens is 3. The molecule has 0 bridgehead atoms. The largest absolute Gasteiger partial charge is 0.321 e. The zero-order valence-corrected chi connectivity index (χ0v) is 21.5. The molecule has 3 heterocycles. The third-order valence-corrected chi connectivity index (χ3v) is 7.94. The molecule has 192 valence electrons. The smallest absolute Gasteiger partial charge is 0.227 e. The van der Waals surface area contributed by atoms with Crippen LogP contribution in [-0.4, -0.2) is 44.3 Å². The van der Waals surface area contributed by atoms with Gasteiger partial charge in [-0.2, -0.15) is 5.10 Å². The zero-order chi connectivity index (χ0) is 25.5. The molecule has 2 fully saturated rings. The van der Waals surface area contributed by atoms with Crippen LogP contribution < -0.4 is 5.32 Å². The van der Waals surface area contributed by atoms with Crippen molar-refractivity contribution in [3.05, 3.63) is 76.2 Å². The lowest BCUT2D eigenvalue weighted by molar-refractivity contribution is 0.214. The van der Waals surface area contributed by atoms with E-state index in [9.17, 15) is 8.78 Å². The van der Waals surface area contributed by atoms with Gasteiger partial charge in [0.15, 0.2) is 11.6 Å². The first-order valence-electron chi connectivity index (χ1n) is 12.9. The standard InChI is InChI=1S/C28H29ClF2N6/c1-17-27(16-33-37(17)21-3-4-21)35-28-32-15-20-13-23(29)22(14-26(20)34-28)19-7-10-36(11-8-19)9-6-18-2-5-24(30)25(31)12-18/h2,5,12-16,19,21H,3-4,6-11H2,1H3,(H,32,34,35). The number of hydrogen-bond acceptors (Lipinski definition) is 5. The zero-order valence-electron chi connectivity index (χ0n) is 20.7. The monoisotopic (exact) mass is 522 g/mol. The molecule has 2 aliphatic rings. The van der Waals surface area contributed by atoms with Crippen LogP contribution in [0.25, 0.3) is 10.9 Å². The third-order valence-electron chi connectivity index (χ3n) is 7.61. The molecule has 1 aliphatic heterocycles. The van der Waals surface area contributed by atoms with Crippen LogP contribution in [0.4, 0.5) is 20.4 Å². The lowest BCUT2D eigenvalue weighted by atomic mass is 9.88. The average Bonchev–Trinajstić information content (AvgIpc) is 3.68. The molecule has 4 aromatic rings. The van der Waals surface area contributed by atoms with Gasteiger partial charge in [-0.3, -0.25) is 4.68 Å². The summed E-state index contributed by atoms with van der Waals surface area (Å²) in [6.45, 7) is 4.76. The van der Waals surface area contributed by atoms with E-state index in [1.807, 2.05) is 18.5 Å². The van der Waals surface area contributed by atoms with Crippen molar-refractivity contribution in [1.29, 1.82) is 0 Å². The maximum absolute atomic E-state index is 13.5. The summed E-state index contributed by atoms with van der Waals surface area (Å²) < 4.78 is 28.8. The second kappa shape index (κ2) is 9.99. The third kappa shape index (κ3) is 5.18. The van der Waals surface area contributed by atoms with Gasteiger partial charge in [0.2, 0.25) is 5.95 Å². The first kappa shape index (κ1) is 24.2. The molecule has 0 spiro atoms. The highest BCUT2D eigenvalue weighted by molar-refractivity contribution is 6.32. The molecule has 2 aromatic carbocycles. The molecule has 0 amide bonds. The molecular formula is C28H29ClF2N6. The number of nitrogens with one attached hydrogen (secondary N) is 1. The van der Waals surface area contributed by atoms with Gasteiger partial charge in [0.25, 0.3) is 0 Å². The summed E-state index contributed by atoms with van der Waals surface area (Å²) in [7, 11) is 0. The van der Waals surface area contributed by atoms with Crippen LogP contribution in [0.5, 0.6) is 0 Å². The average molecular weight is 523 g/mol. The molecule has 0 radical (unpaired) electrons. The number of benzene rings is 2. The fraction of sp³-hybridized carbons (Fsp3) is 0.393. The number of fused-ring (bicyclic) bond motifs is 1. The molecule has 1 saturated carbocycles. The molecule has 1 saturated heterocycles. The molecular weight excluding hydrogens is 494 g/mol. The molecule has 6 nitrogen and oxygen atoms in total. The van der Waals surface area contributed by atoms with E-state index in [4.69, 9.17) is 16.6 Å². The molecule has 9 heteroatoms. The van der Waals surface area contributed by atoms with Crippen molar-refractivity contribution in [3.63, 3.8) is 0 Å². The van der Waals surface area contributed by atoms with Gasteiger partial charge in [-0.25, -0.2) is 18.7 Å². The molecule has 1 aliphatic carbocycles. The number of hydrogen-bond donors (Lipinski definition) is 1. The number of nitrogens with zero attached hydrogens (tertiary/aromatic N) is 5. The van der Waals surface area contributed by atoms with Crippen LogP contribution in [0.2, 0.25) is 5.02 Å². The summed E-state index contributed by atoms with van der Waals surface area (Å²) in [5, 5.41) is 9.50. The van der Waals surface area contributed by atoms with Crippen molar-refractivity contribution in [3.8, 4) is 0 Å². The SMILES string of the molecule is Cc1c(Nc2ncc3cc(Cl)c(C4CCN(CCc5ccc(F)c(F)c5)CC4)cc3n2)cnn1C1CC1. The Bertz CT molecular complexity index is 1440. The fourth-order valence-electron chi connectivity index (χ4n) is 5.24. The number of rotatable bonds is 7. The maximum atomic E-state index is 13.5. The quantitative estimate of drug-likeness (QED) is 0.297. The first-order valence-corrected chi connectivity index (χ1v) is 13.3. The Kier molecular flexibility index (Phi) is 6.55. The van der Waals surface area contributed by atoms with Gasteiger partial charge in [-0.1, -0.05) is 17.7 Å². The van der Waals surface area contributed by atoms with E-state index < -0.39 is 11.6 Å². The van der Waals surface area contributed by atoms with Gasteiger partial charge in [0, 0.05) is 23.2 Å². The minimum Gasteiger partial charge on any atom is -0.321 e. The van der Waals surface area contributed by atoms with Gasteiger partial charge < -0.3 is 10.2 Å². The summed E-state index contributed by atoms with van der Waals surface area (Å²) >= 11 is 6.71.